The molecule has 0 aromatic carbocycles. The van der Waals surface area contributed by atoms with E-state index in [-0.39, 0.29) is 32.0 Å². The van der Waals surface area contributed by atoms with Crippen LogP contribution in [0, 0.1) is 0 Å². The average molecular weight is 1030 g/mol. The monoisotopic (exact) mass is 1030 g/mol. The van der Waals surface area contributed by atoms with E-state index in [0.29, 0.717) is 17.4 Å². The lowest BCUT2D eigenvalue weighted by Gasteiger charge is -2.28. The largest absolute Gasteiger partial charge is 0.756 e. The summed E-state index contributed by atoms with van der Waals surface area (Å²) in [6, 6.07) is 0. The maximum absolute atomic E-state index is 12.8. The summed E-state index contributed by atoms with van der Waals surface area (Å²) < 4.78 is 34.2. The first-order valence-corrected chi connectivity index (χ1v) is 31.8. The number of unbranched alkanes of at least 4 members (excludes halogenated alkanes) is 34. The molecule has 0 heterocycles. The van der Waals surface area contributed by atoms with Crippen LogP contribution in [0.3, 0.4) is 0 Å². The van der Waals surface area contributed by atoms with Gasteiger partial charge < -0.3 is 27.9 Å². The Morgan fingerprint density at radius 1 is 0.444 bits per heavy atom. The molecule has 0 bridgehead atoms. The topological polar surface area (TPSA) is 111 Å². The molecule has 0 aromatic rings. The Kier molecular flexibility index (Phi) is 52.3. The normalized spacial score (nSPS) is 13.6. The van der Waals surface area contributed by atoms with Crippen LogP contribution in [0.4, 0.5) is 0 Å². The van der Waals surface area contributed by atoms with Gasteiger partial charge in [-0.1, -0.05) is 268 Å². The van der Waals surface area contributed by atoms with Gasteiger partial charge in [0.2, 0.25) is 0 Å². The van der Waals surface area contributed by atoms with E-state index < -0.39 is 26.5 Å². The summed E-state index contributed by atoms with van der Waals surface area (Å²) in [4.78, 5) is 37.9. The minimum atomic E-state index is -4.63. The van der Waals surface area contributed by atoms with E-state index >= 15 is 0 Å². The maximum atomic E-state index is 12.8. The Morgan fingerprint density at radius 3 is 1.18 bits per heavy atom. The van der Waals surface area contributed by atoms with Crippen molar-refractivity contribution in [3.05, 3.63) is 48.6 Å². The summed E-state index contributed by atoms with van der Waals surface area (Å²) in [6.07, 6.45) is 67.4. The van der Waals surface area contributed by atoms with Crippen LogP contribution in [0.2, 0.25) is 0 Å². The predicted octanol–water partition coefficient (Wildman–Crippen LogP) is 18.3. The van der Waals surface area contributed by atoms with Gasteiger partial charge in [0.1, 0.15) is 19.8 Å². The standard InChI is InChI=1S/C62H116NO8P/c1-6-8-10-12-14-16-18-20-22-24-25-26-27-28-29-30-31-32-33-34-35-36-37-39-41-43-45-47-49-51-53-55-62(65)71-60(59-70-72(66,67)69-57-56-63(3,4)5)58-68-61(64)54-52-50-48-46-44-42-40-38-23-21-19-17-15-13-11-9-7-2/h8,10,14,16,20,22,25-26,60H,6-7,9,11-13,15,17-19,21,23-24,27-59H2,1-5H3/b10-8-,16-14-,22-20-,26-25-. The second kappa shape index (κ2) is 53.8. The summed E-state index contributed by atoms with van der Waals surface area (Å²) >= 11 is 0. The first kappa shape index (κ1) is 70.0. The molecule has 0 spiro atoms. The number of phosphoric acid groups is 1. The van der Waals surface area contributed by atoms with Crippen molar-refractivity contribution in [1.29, 1.82) is 0 Å². The van der Waals surface area contributed by atoms with Crippen molar-refractivity contribution in [3.63, 3.8) is 0 Å². The lowest BCUT2D eigenvalue weighted by molar-refractivity contribution is -0.870. The first-order valence-electron chi connectivity index (χ1n) is 30.3. The number of rotatable bonds is 56. The second-order valence-corrected chi connectivity index (χ2v) is 23.1. The van der Waals surface area contributed by atoms with Crippen LogP contribution in [-0.2, 0) is 32.7 Å². The van der Waals surface area contributed by atoms with Gasteiger partial charge in [0.25, 0.3) is 7.82 Å². The molecule has 0 aliphatic rings. The van der Waals surface area contributed by atoms with E-state index in [1.54, 1.807) is 0 Å². The molecule has 0 rings (SSSR count). The van der Waals surface area contributed by atoms with Crippen molar-refractivity contribution in [3.8, 4) is 0 Å². The van der Waals surface area contributed by atoms with E-state index in [0.717, 1.165) is 64.2 Å². The highest BCUT2D eigenvalue weighted by Crippen LogP contribution is 2.38. The molecule has 10 heteroatoms. The zero-order valence-electron chi connectivity index (χ0n) is 47.9. The second-order valence-electron chi connectivity index (χ2n) is 21.7. The van der Waals surface area contributed by atoms with Crippen molar-refractivity contribution >= 4 is 19.8 Å². The van der Waals surface area contributed by atoms with Gasteiger partial charge in [0, 0.05) is 12.8 Å². The minimum absolute atomic E-state index is 0.0286. The molecule has 72 heavy (non-hydrogen) atoms. The Morgan fingerprint density at radius 2 is 0.792 bits per heavy atom. The molecule has 0 radical (unpaired) electrons. The van der Waals surface area contributed by atoms with Crippen LogP contribution >= 0.6 is 7.82 Å². The van der Waals surface area contributed by atoms with Gasteiger partial charge in [-0.25, -0.2) is 0 Å². The fourth-order valence-corrected chi connectivity index (χ4v) is 9.44. The van der Waals surface area contributed by atoms with E-state index in [2.05, 4.69) is 62.5 Å². The molecule has 0 aliphatic heterocycles. The Bertz CT molecular complexity index is 1360. The number of esters is 2. The average Bonchev–Trinajstić information content (AvgIpc) is 3.34. The molecule has 0 aliphatic carbocycles. The fourth-order valence-electron chi connectivity index (χ4n) is 8.71. The van der Waals surface area contributed by atoms with Crippen molar-refractivity contribution in [2.24, 2.45) is 0 Å². The minimum Gasteiger partial charge on any atom is -0.756 e. The predicted molar refractivity (Wildman–Crippen MR) is 305 cm³/mol. The van der Waals surface area contributed by atoms with E-state index in [1.165, 1.54) is 186 Å². The van der Waals surface area contributed by atoms with Gasteiger partial charge >= 0.3 is 11.9 Å². The number of likely N-dealkylation sites (N-methyl/N-ethyl adjacent to an activating group) is 1. The van der Waals surface area contributed by atoms with Crippen molar-refractivity contribution in [2.75, 3.05) is 47.5 Å². The summed E-state index contributed by atoms with van der Waals surface area (Å²) in [5, 5.41) is 0. The quantitative estimate of drug-likeness (QED) is 0.0195. The molecular weight excluding hydrogens is 918 g/mol. The molecule has 0 aromatic heterocycles. The van der Waals surface area contributed by atoms with Crippen LogP contribution in [0.1, 0.15) is 284 Å². The lowest BCUT2D eigenvalue weighted by Crippen LogP contribution is -2.37. The SMILES string of the molecule is CC/C=C\C/C=C\C/C=C\C/C=C\CCCCCCCCCCCCCCCCCCCCC(=O)OC(COC(=O)CCCCCCCCCCCCCCCCCCC)COP(=O)([O-])OCC[N+](C)(C)C. The maximum Gasteiger partial charge on any atom is 0.306 e. The van der Waals surface area contributed by atoms with Crippen LogP contribution in [-0.4, -0.2) is 70.0 Å². The zero-order valence-corrected chi connectivity index (χ0v) is 48.8. The van der Waals surface area contributed by atoms with Crippen molar-refractivity contribution < 1.29 is 42.1 Å². The molecule has 2 unspecified atom stereocenters. The van der Waals surface area contributed by atoms with Crippen LogP contribution in [0.25, 0.3) is 0 Å². The molecule has 0 fully saturated rings. The number of hydrogen-bond acceptors (Lipinski definition) is 8. The Labute approximate surface area is 445 Å². The summed E-state index contributed by atoms with van der Waals surface area (Å²) in [5.74, 6) is -0.818. The van der Waals surface area contributed by atoms with Crippen molar-refractivity contribution in [2.45, 2.75) is 290 Å². The van der Waals surface area contributed by atoms with Gasteiger partial charge in [-0.15, -0.1) is 0 Å². The highest BCUT2D eigenvalue weighted by molar-refractivity contribution is 7.45. The van der Waals surface area contributed by atoms with Gasteiger partial charge in [0.05, 0.1) is 27.7 Å². The molecule has 422 valence electrons. The molecule has 0 saturated heterocycles. The number of phosphoric ester groups is 1. The molecule has 9 nitrogen and oxygen atoms in total. The Hall–Kier alpha value is -2.03. The van der Waals surface area contributed by atoms with Gasteiger partial charge in [-0.2, -0.15) is 0 Å². The van der Waals surface area contributed by atoms with E-state index in [9.17, 15) is 19.0 Å². The van der Waals surface area contributed by atoms with Crippen LogP contribution < -0.4 is 4.89 Å². The first-order chi connectivity index (χ1) is 35.0. The number of carbonyl (C=O) groups excluding carboxylic acids is 2. The summed E-state index contributed by atoms with van der Waals surface area (Å²) in [7, 11) is 1.18. The third kappa shape index (κ3) is 57.3. The zero-order chi connectivity index (χ0) is 52.7. The fraction of sp³-hybridized carbons (Fsp3) is 0.839. The van der Waals surface area contributed by atoms with E-state index in [1.807, 2.05) is 21.1 Å². The number of allylic oxidation sites excluding steroid dienone is 8. The van der Waals surface area contributed by atoms with Gasteiger partial charge in [-0.05, 0) is 51.4 Å². The molecular formula is C62H116NO8P. The molecule has 0 saturated carbocycles. The number of hydrogen-bond donors (Lipinski definition) is 0. The highest BCUT2D eigenvalue weighted by Gasteiger charge is 2.22. The third-order valence-corrected chi connectivity index (χ3v) is 14.3. The molecule has 2 atom stereocenters. The number of ether oxygens (including phenoxy) is 2. The van der Waals surface area contributed by atoms with Gasteiger partial charge in [0.15, 0.2) is 6.10 Å². The number of quaternary nitrogens is 1. The highest BCUT2D eigenvalue weighted by atomic mass is 31.2. The Balaban J connectivity index is 4.04. The van der Waals surface area contributed by atoms with Crippen LogP contribution in [0.5, 0.6) is 0 Å². The van der Waals surface area contributed by atoms with Crippen molar-refractivity contribution in [1.82, 2.24) is 0 Å². The number of carbonyl (C=O) groups is 2. The lowest BCUT2D eigenvalue weighted by atomic mass is 10.0. The number of nitrogens with zero attached hydrogens (tertiary/aromatic N) is 1. The molecule has 0 amide bonds. The third-order valence-electron chi connectivity index (χ3n) is 13.4. The molecule has 0 N–H and O–H groups in total. The summed E-state index contributed by atoms with van der Waals surface area (Å²) in [6.45, 7) is 4.17. The smallest absolute Gasteiger partial charge is 0.306 e. The van der Waals surface area contributed by atoms with Crippen LogP contribution in [0.15, 0.2) is 48.6 Å². The van der Waals surface area contributed by atoms with E-state index in [4.69, 9.17) is 18.5 Å². The van der Waals surface area contributed by atoms with Gasteiger partial charge in [-0.3, -0.25) is 14.2 Å². The summed E-state index contributed by atoms with van der Waals surface area (Å²) in [5.41, 5.74) is 0.